The Balaban J connectivity index is 1.93. The Morgan fingerprint density at radius 2 is 1.67 bits per heavy atom. The predicted molar refractivity (Wildman–Crippen MR) is 114 cm³/mol. The molecule has 1 N–H and O–H groups in total. The molecular formula is C24H28N2O4. The van der Waals surface area contributed by atoms with Gasteiger partial charge in [0.05, 0.1) is 0 Å². The largest absolute Gasteiger partial charge is 0.480 e. The maximum Gasteiger partial charge on any atom is 0.328 e. The predicted octanol–water partition coefficient (Wildman–Crippen LogP) is 3.87. The van der Waals surface area contributed by atoms with Crippen molar-refractivity contribution in [3.8, 4) is 0 Å². The van der Waals surface area contributed by atoms with Crippen LogP contribution in [0.15, 0.2) is 54.6 Å². The molecule has 0 saturated carbocycles. The molecule has 30 heavy (non-hydrogen) atoms. The molecule has 2 aromatic rings. The van der Waals surface area contributed by atoms with Crippen LogP contribution in [-0.2, 0) is 22.6 Å². The molecule has 0 bridgehead atoms. The van der Waals surface area contributed by atoms with Crippen LogP contribution in [-0.4, -0.2) is 44.9 Å². The van der Waals surface area contributed by atoms with Gasteiger partial charge in [0.25, 0.3) is 5.91 Å². The van der Waals surface area contributed by atoms with Crippen molar-refractivity contribution in [1.29, 1.82) is 0 Å². The summed E-state index contributed by atoms with van der Waals surface area (Å²) < 4.78 is 0. The number of amides is 3. The normalized spacial score (nSPS) is 18.6. The number of hydrogen-bond acceptors (Lipinski definition) is 3. The minimum Gasteiger partial charge on any atom is -0.480 e. The van der Waals surface area contributed by atoms with Crippen LogP contribution >= 0.6 is 0 Å². The number of carboxylic acid groups (broad SMARTS) is 1. The Morgan fingerprint density at radius 3 is 2.23 bits per heavy atom. The van der Waals surface area contributed by atoms with Crippen LogP contribution in [0.5, 0.6) is 0 Å². The van der Waals surface area contributed by atoms with Gasteiger partial charge in [-0.3, -0.25) is 4.79 Å². The first kappa shape index (κ1) is 21.6. The van der Waals surface area contributed by atoms with Crippen molar-refractivity contribution in [2.75, 3.05) is 0 Å². The Bertz CT molecular complexity index is 911. The summed E-state index contributed by atoms with van der Waals surface area (Å²) in [5.74, 6) is -1.69. The Labute approximate surface area is 177 Å². The number of imide groups is 1. The number of benzene rings is 2. The van der Waals surface area contributed by atoms with Crippen molar-refractivity contribution < 1.29 is 19.5 Å². The molecule has 6 heteroatoms. The van der Waals surface area contributed by atoms with E-state index in [2.05, 4.69) is 0 Å². The lowest BCUT2D eigenvalue weighted by molar-refractivity contribution is -0.147. The van der Waals surface area contributed by atoms with Gasteiger partial charge in [-0.15, -0.1) is 0 Å². The summed E-state index contributed by atoms with van der Waals surface area (Å²) in [5, 5.41) is 9.85. The van der Waals surface area contributed by atoms with Crippen LogP contribution in [0.1, 0.15) is 37.0 Å². The zero-order chi connectivity index (χ0) is 21.8. The third-order valence-electron chi connectivity index (χ3n) is 5.80. The number of nitrogens with zero attached hydrogens (tertiary/aromatic N) is 2. The summed E-state index contributed by atoms with van der Waals surface area (Å²) in [4.78, 5) is 41.2. The number of urea groups is 1. The highest BCUT2D eigenvalue weighted by Crippen LogP contribution is 2.30. The molecule has 1 aliphatic heterocycles. The lowest BCUT2D eigenvalue weighted by Gasteiger charge is -2.26. The van der Waals surface area contributed by atoms with Crippen molar-refractivity contribution in [2.24, 2.45) is 5.92 Å². The summed E-state index contributed by atoms with van der Waals surface area (Å²) >= 11 is 0. The molecule has 158 valence electrons. The molecule has 1 heterocycles. The highest BCUT2D eigenvalue weighted by atomic mass is 16.4. The number of aryl methyl sites for hydroxylation is 1. The number of aliphatic carboxylic acids is 1. The Kier molecular flexibility index (Phi) is 6.55. The second-order valence-electron chi connectivity index (χ2n) is 7.98. The third kappa shape index (κ3) is 4.37. The SMILES string of the molecule is CCC(C)C1C(=O)N(C(Cc2ccccc2)C(=O)O)C(=O)N1Cc1ccc(C)cc1. The van der Waals surface area contributed by atoms with E-state index in [4.69, 9.17) is 0 Å². The molecule has 0 aliphatic carbocycles. The number of carboxylic acids is 1. The van der Waals surface area contributed by atoms with Gasteiger partial charge in [-0.2, -0.15) is 0 Å². The van der Waals surface area contributed by atoms with Gasteiger partial charge in [0.1, 0.15) is 12.1 Å². The van der Waals surface area contributed by atoms with E-state index < -0.39 is 30.0 Å². The highest BCUT2D eigenvalue weighted by molar-refractivity contribution is 6.07. The first-order valence-corrected chi connectivity index (χ1v) is 10.3. The third-order valence-corrected chi connectivity index (χ3v) is 5.80. The number of hydrogen-bond donors (Lipinski definition) is 1. The number of carbonyl (C=O) groups is 3. The fraction of sp³-hybridized carbons (Fsp3) is 0.375. The number of carbonyl (C=O) groups excluding carboxylic acids is 2. The van der Waals surface area contributed by atoms with Crippen molar-refractivity contribution in [2.45, 2.75) is 52.2 Å². The van der Waals surface area contributed by atoms with Crippen molar-refractivity contribution in [3.63, 3.8) is 0 Å². The summed E-state index contributed by atoms with van der Waals surface area (Å²) in [7, 11) is 0. The molecule has 6 nitrogen and oxygen atoms in total. The fourth-order valence-corrected chi connectivity index (χ4v) is 3.87. The van der Waals surface area contributed by atoms with Gasteiger partial charge < -0.3 is 10.0 Å². The van der Waals surface area contributed by atoms with Crippen LogP contribution in [0.25, 0.3) is 0 Å². The number of rotatable bonds is 8. The summed E-state index contributed by atoms with van der Waals surface area (Å²) in [6.07, 6.45) is 0.789. The second-order valence-corrected chi connectivity index (χ2v) is 7.98. The van der Waals surface area contributed by atoms with Crippen LogP contribution in [0, 0.1) is 12.8 Å². The molecule has 1 fully saturated rings. The lowest BCUT2D eigenvalue weighted by atomic mass is 9.97. The van der Waals surface area contributed by atoms with E-state index in [1.54, 1.807) is 12.1 Å². The van der Waals surface area contributed by atoms with Crippen LogP contribution in [0.3, 0.4) is 0 Å². The molecule has 0 radical (unpaired) electrons. The monoisotopic (exact) mass is 408 g/mol. The van der Waals surface area contributed by atoms with Crippen LogP contribution in [0.4, 0.5) is 4.79 Å². The van der Waals surface area contributed by atoms with E-state index in [1.165, 1.54) is 4.90 Å². The van der Waals surface area contributed by atoms with E-state index in [-0.39, 0.29) is 18.9 Å². The average Bonchev–Trinajstić information content (AvgIpc) is 2.97. The zero-order valence-electron chi connectivity index (χ0n) is 17.6. The first-order valence-electron chi connectivity index (χ1n) is 10.3. The molecule has 0 spiro atoms. The zero-order valence-corrected chi connectivity index (χ0v) is 17.6. The van der Waals surface area contributed by atoms with E-state index in [0.29, 0.717) is 6.42 Å². The topological polar surface area (TPSA) is 77.9 Å². The van der Waals surface area contributed by atoms with E-state index in [9.17, 15) is 19.5 Å². The van der Waals surface area contributed by atoms with E-state index >= 15 is 0 Å². The van der Waals surface area contributed by atoms with Gasteiger partial charge in [0, 0.05) is 13.0 Å². The Hall–Kier alpha value is -3.15. The van der Waals surface area contributed by atoms with Gasteiger partial charge in [0.2, 0.25) is 0 Å². The van der Waals surface area contributed by atoms with Crippen molar-refractivity contribution in [1.82, 2.24) is 9.80 Å². The standard InChI is InChI=1S/C24H28N2O4/c1-4-17(3)21-22(27)26(20(23(28)29)14-18-8-6-5-7-9-18)24(30)25(21)15-19-12-10-16(2)11-13-19/h5-13,17,20-21H,4,14-15H2,1-3H3,(H,28,29). The quantitative estimate of drug-likeness (QED) is 0.673. The molecule has 3 rings (SSSR count). The lowest BCUT2D eigenvalue weighted by Crippen LogP contribution is -2.47. The summed E-state index contributed by atoms with van der Waals surface area (Å²) in [5.41, 5.74) is 2.78. The van der Waals surface area contributed by atoms with Gasteiger partial charge in [-0.25, -0.2) is 14.5 Å². The van der Waals surface area contributed by atoms with Crippen LogP contribution < -0.4 is 0 Å². The molecular weight excluding hydrogens is 380 g/mol. The van der Waals surface area contributed by atoms with Gasteiger partial charge in [-0.1, -0.05) is 80.4 Å². The minimum atomic E-state index is -1.23. The molecule has 1 aliphatic rings. The van der Waals surface area contributed by atoms with E-state index in [1.807, 2.05) is 63.2 Å². The molecule has 1 saturated heterocycles. The van der Waals surface area contributed by atoms with E-state index in [0.717, 1.165) is 21.6 Å². The molecule has 0 aromatic heterocycles. The highest BCUT2D eigenvalue weighted by Gasteiger charge is 2.51. The molecule has 3 atom stereocenters. The second kappa shape index (κ2) is 9.11. The maximum absolute atomic E-state index is 13.3. The Morgan fingerprint density at radius 1 is 1.03 bits per heavy atom. The van der Waals surface area contributed by atoms with Crippen LogP contribution in [0.2, 0.25) is 0 Å². The van der Waals surface area contributed by atoms with Gasteiger partial charge in [-0.05, 0) is 24.0 Å². The smallest absolute Gasteiger partial charge is 0.328 e. The maximum atomic E-state index is 13.3. The minimum absolute atomic E-state index is 0.0805. The first-order chi connectivity index (χ1) is 14.3. The molecule has 3 unspecified atom stereocenters. The van der Waals surface area contributed by atoms with Crippen molar-refractivity contribution in [3.05, 3.63) is 71.3 Å². The fourth-order valence-electron chi connectivity index (χ4n) is 3.87. The van der Waals surface area contributed by atoms with Gasteiger partial charge >= 0.3 is 12.0 Å². The molecule has 3 amide bonds. The van der Waals surface area contributed by atoms with Gasteiger partial charge in [0.15, 0.2) is 0 Å². The average molecular weight is 408 g/mol. The summed E-state index contributed by atoms with van der Waals surface area (Å²) in [6, 6.07) is 14.4. The summed E-state index contributed by atoms with van der Waals surface area (Å²) in [6.45, 7) is 6.15. The molecule has 2 aromatic carbocycles. The van der Waals surface area contributed by atoms with Crippen molar-refractivity contribution >= 4 is 17.9 Å².